The summed E-state index contributed by atoms with van der Waals surface area (Å²) in [6.07, 6.45) is 13.3. The van der Waals surface area contributed by atoms with Crippen molar-refractivity contribution in [1.29, 1.82) is 0 Å². The summed E-state index contributed by atoms with van der Waals surface area (Å²) in [5.74, 6) is 7.70. The highest BCUT2D eigenvalue weighted by Crippen LogP contribution is 2.32. The average molecular weight is 1920 g/mol. The molecule has 0 spiro atoms. The SMILES string of the molecule is CN1CCN(c2nccc(N3CCN(CCCNc4ccnc5cc(Cl)ccc45)CC3)n2)CC1.CN1CCN(c2nccc(N3CCN(CCNc4ccnc5cc(Cl)ccc45)CC3)n2)CC1.Cc1cc(N2CCN(CCCNc3ccnc4cc(Cl)ccc34)CC2)nc(N2CCN(C)CC2)n1.Cc1cc(N2CCN(CCNc3ccnc4cc(Cl)ccc34)CC2)nc(N2CCN(C)CC2)n1. The van der Waals surface area contributed by atoms with Crippen molar-refractivity contribution in [2.45, 2.75) is 26.7 Å². The molecule has 0 aliphatic carbocycles. The quantitative estimate of drug-likeness (QED) is 0.0368. The average Bonchev–Trinajstić information content (AvgIpc) is 0.810. The van der Waals surface area contributed by atoms with E-state index >= 15 is 0 Å². The van der Waals surface area contributed by atoms with Crippen LogP contribution in [0.4, 0.5) is 69.8 Å². The van der Waals surface area contributed by atoms with E-state index in [0.717, 1.165) is 399 Å². The fourth-order valence-electron chi connectivity index (χ4n) is 18.7. The van der Waals surface area contributed by atoms with Crippen LogP contribution in [0.25, 0.3) is 43.6 Å². The summed E-state index contributed by atoms with van der Waals surface area (Å²) in [6.45, 7) is 44.7. The second kappa shape index (κ2) is 47.6. The van der Waals surface area contributed by atoms with Crippen molar-refractivity contribution in [2.75, 3.05) is 350 Å². The van der Waals surface area contributed by atoms with Crippen molar-refractivity contribution in [3.05, 3.63) is 190 Å². The molecule has 0 bridgehead atoms. The van der Waals surface area contributed by atoms with Gasteiger partial charge in [0.15, 0.2) is 0 Å². The van der Waals surface area contributed by atoms with Gasteiger partial charge in [-0.1, -0.05) is 46.4 Å². The van der Waals surface area contributed by atoms with Gasteiger partial charge >= 0.3 is 0 Å². The molecule has 8 saturated heterocycles. The van der Waals surface area contributed by atoms with Crippen LogP contribution in [0, 0.1) is 13.8 Å². The fraction of sp³-hybridized carbons (Fsp3) is 0.480. The normalized spacial score (nSPS) is 18.0. The van der Waals surface area contributed by atoms with Crippen LogP contribution in [0.5, 0.6) is 0 Å². The maximum Gasteiger partial charge on any atom is 0.227 e. The number of anilines is 12. The van der Waals surface area contributed by atoms with E-state index in [1.807, 2.05) is 146 Å². The van der Waals surface area contributed by atoms with Crippen LogP contribution in [0.3, 0.4) is 0 Å². The third-order valence-corrected chi connectivity index (χ3v) is 28.0. The van der Waals surface area contributed by atoms with Gasteiger partial charge in [0.2, 0.25) is 23.8 Å². The molecule has 12 aromatic rings. The third kappa shape index (κ3) is 26.6. The van der Waals surface area contributed by atoms with Gasteiger partial charge in [-0.2, -0.15) is 19.9 Å². The Bertz CT molecular complexity index is 5850. The van der Waals surface area contributed by atoms with E-state index < -0.39 is 0 Å². The molecule has 8 aromatic heterocycles. The Balaban J connectivity index is 0.000000126. The van der Waals surface area contributed by atoms with Crippen LogP contribution in [-0.2, 0) is 0 Å². The molecule has 136 heavy (non-hydrogen) atoms. The molecule has 36 heteroatoms. The van der Waals surface area contributed by atoms with Crippen molar-refractivity contribution in [1.82, 2.24) is 99.0 Å². The van der Waals surface area contributed by atoms with E-state index in [-0.39, 0.29) is 0 Å². The number of halogens is 4. The van der Waals surface area contributed by atoms with Crippen molar-refractivity contribution in [3.63, 3.8) is 0 Å². The smallest absolute Gasteiger partial charge is 0.227 e. The van der Waals surface area contributed by atoms with Crippen molar-refractivity contribution >= 4 is 160 Å². The van der Waals surface area contributed by atoms with Crippen LogP contribution < -0.4 is 60.5 Å². The van der Waals surface area contributed by atoms with Gasteiger partial charge in [0.25, 0.3) is 0 Å². The zero-order valence-electron chi connectivity index (χ0n) is 79.7. The highest BCUT2D eigenvalue weighted by atomic mass is 35.5. The van der Waals surface area contributed by atoms with Crippen LogP contribution >= 0.6 is 46.4 Å². The largest absolute Gasteiger partial charge is 0.384 e. The third-order valence-electron chi connectivity index (χ3n) is 27.1. The molecule has 0 unspecified atom stereocenters. The van der Waals surface area contributed by atoms with Crippen molar-refractivity contribution < 1.29 is 0 Å². The topological polar surface area (TPSA) is 255 Å². The molecule has 0 atom stereocenters. The fourth-order valence-corrected chi connectivity index (χ4v) is 19.4. The van der Waals surface area contributed by atoms with Crippen LogP contribution in [0.15, 0.2) is 159 Å². The van der Waals surface area contributed by atoms with Gasteiger partial charge in [-0.3, -0.25) is 39.5 Å². The Hall–Kier alpha value is -10.7. The number of likely N-dealkylation sites (N-methyl/N-ethyl adjacent to an activating group) is 4. The summed E-state index contributed by atoms with van der Waals surface area (Å²) in [5, 5.41) is 21.6. The van der Waals surface area contributed by atoms with Crippen LogP contribution in [0.1, 0.15) is 24.2 Å². The predicted octanol–water partition coefficient (Wildman–Crippen LogP) is 12.1. The number of hydrogen-bond acceptors (Lipinski definition) is 32. The highest BCUT2D eigenvalue weighted by Gasteiger charge is 2.29. The number of rotatable bonds is 26. The van der Waals surface area contributed by atoms with Gasteiger partial charge in [0.1, 0.15) is 23.3 Å². The molecular formula is C100H132Cl4N32. The van der Waals surface area contributed by atoms with Gasteiger partial charge in [0.05, 0.1) is 22.1 Å². The monoisotopic (exact) mass is 1920 g/mol. The van der Waals surface area contributed by atoms with E-state index in [2.05, 4.69) is 184 Å². The number of nitrogens with zero attached hydrogens (tertiary/aromatic N) is 28. The lowest BCUT2D eigenvalue weighted by Gasteiger charge is -2.36. The molecule has 32 nitrogen and oxygen atoms in total. The molecule has 720 valence electrons. The second-order valence-electron chi connectivity index (χ2n) is 36.7. The first-order valence-corrected chi connectivity index (χ1v) is 50.1. The van der Waals surface area contributed by atoms with Gasteiger partial charge in [0, 0.05) is 374 Å². The Morgan fingerprint density at radius 1 is 0.235 bits per heavy atom. The van der Waals surface area contributed by atoms with Crippen molar-refractivity contribution in [3.8, 4) is 0 Å². The Morgan fingerprint density at radius 2 is 0.478 bits per heavy atom. The minimum Gasteiger partial charge on any atom is -0.384 e. The molecule has 20 rings (SSSR count). The lowest BCUT2D eigenvalue weighted by Crippen LogP contribution is -2.48. The number of aromatic nitrogens is 12. The van der Waals surface area contributed by atoms with E-state index in [9.17, 15) is 0 Å². The molecule has 4 aromatic carbocycles. The number of nitrogens with one attached hydrogen (secondary N) is 4. The number of aryl methyl sites for hydroxylation is 2. The number of benzene rings is 4. The minimum absolute atomic E-state index is 0.712. The molecular weight excluding hydrogens is 1790 g/mol. The van der Waals surface area contributed by atoms with E-state index in [0.29, 0.717) is 20.1 Å². The molecule has 8 aliphatic heterocycles. The number of fused-ring (bicyclic) bond motifs is 4. The maximum atomic E-state index is 6.11. The lowest BCUT2D eigenvalue weighted by molar-refractivity contribution is 0.256. The Labute approximate surface area is 820 Å². The van der Waals surface area contributed by atoms with Gasteiger partial charge in [-0.15, -0.1) is 0 Å². The second-order valence-corrected chi connectivity index (χ2v) is 38.5. The molecule has 0 amide bonds. The summed E-state index contributed by atoms with van der Waals surface area (Å²) in [5.41, 5.74) is 10.2. The molecule has 0 saturated carbocycles. The maximum absolute atomic E-state index is 6.11. The summed E-state index contributed by atoms with van der Waals surface area (Å²) in [6, 6.07) is 39.9. The molecule has 16 heterocycles. The van der Waals surface area contributed by atoms with Crippen LogP contribution in [-0.4, -0.2) is 389 Å². The van der Waals surface area contributed by atoms with E-state index in [4.69, 9.17) is 76.3 Å². The molecule has 8 aliphatic rings. The van der Waals surface area contributed by atoms with Gasteiger partial charge < -0.3 is 80.1 Å². The summed E-state index contributed by atoms with van der Waals surface area (Å²) < 4.78 is 0. The van der Waals surface area contributed by atoms with E-state index in [1.54, 1.807) is 0 Å². The van der Waals surface area contributed by atoms with Crippen molar-refractivity contribution in [2.24, 2.45) is 0 Å². The first-order valence-electron chi connectivity index (χ1n) is 48.5. The molecule has 0 radical (unpaired) electrons. The molecule has 8 fully saturated rings. The Kier molecular flexibility index (Phi) is 33.9. The highest BCUT2D eigenvalue weighted by molar-refractivity contribution is 6.32. The first kappa shape index (κ1) is 96.9. The number of hydrogen-bond donors (Lipinski definition) is 4. The minimum atomic E-state index is 0.712. The first-order chi connectivity index (χ1) is 66.4. The zero-order chi connectivity index (χ0) is 93.6. The zero-order valence-corrected chi connectivity index (χ0v) is 82.8. The number of pyridine rings is 4. The summed E-state index contributed by atoms with van der Waals surface area (Å²) >= 11 is 24.4. The summed E-state index contributed by atoms with van der Waals surface area (Å²) in [7, 11) is 8.68. The summed E-state index contributed by atoms with van der Waals surface area (Å²) in [4.78, 5) is 94.2. The van der Waals surface area contributed by atoms with Crippen LogP contribution in [0.2, 0.25) is 20.1 Å². The van der Waals surface area contributed by atoms with Gasteiger partial charge in [-0.25, -0.2) is 19.9 Å². The number of piperazine rings is 8. The lowest BCUT2D eigenvalue weighted by atomic mass is 10.2. The predicted molar refractivity (Wildman–Crippen MR) is 561 cm³/mol. The van der Waals surface area contributed by atoms with Gasteiger partial charge in [-0.05, 0) is 177 Å². The van der Waals surface area contributed by atoms with E-state index in [1.165, 1.54) is 0 Å². The standard InChI is InChI=1S/C26H35ClN8.2C25H33ClN8.C24H31ClN8/c1-20-18-25(31-26(30-20)35-14-10-32(2)11-15-35)34-16-12-33(13-17-34)9-3-7-28-23-6-8-29-24-19-21(27)4-5-22(23)24;1-31-11-15-34(16-12-31)25-29-9-6-24(30-25)33-17-13-32(14-18-33)10-2-7-27-22-5-8-28-23-19-20(26)3-4-21(22)23;1-19-17-24(30-25(29-19)34-13-9-31(2)10-14-34)33-15-11-32(12-16-33)8-7-28-22-5-6-27-23-18-20(26)3-4-21(22)23;1-30-10-14-33(15-11-30)24-28-7-5-23(29-24)32-16-12-31(13-17-32)9-8-27-21-4-6-26-22-18-19(25)2-3-20(21)22/h4-6,8,18-19H,3,7,9-17H2,1-2H3,(H,28,29);3-6,8-9,19H,2,7,10-18H2,1H3,(H,27,28);3-6,17-18H,7-16H2,1-2H3,(H,27,28);2-7,18H,8-17H2,1H3,(H,26,27). The molecule has 4 N–H and O–H groups in total. The Morgan fingerprint density at radius 3 is 0.772 bits per heavy atom.